The summed E-state index contributed by atoms with van der Waals surface area (Å²) in [5.41, 5.74) is 1.82. The first kappa shape index (κ1) is 23.3. The van der Waals surface area contributed by atoms with Crippen LogP contribution in [0.25, 0.3) is 21.1 Å². The van der Waals surface area contributed by atoms with Crippen LogP contribution in [-0.4, -0.2) is 32.1 Å². The first-order valence-electron chi connectivity index (χ1n) is 10.2. The van der Waals surface area contributed by atoms with E-state index in [9.17, 15) is 19.7 Å². The van der Waals surface area contributed by atoms with Crippen molar-refractivity contribution in [3.8, 4) is 21.1 Å². The Balaban J connectivity index is 1.49. The lowest BCUT2D eigenvalue weighted by molar-refractivity contribution is -0.384. The molecule has 0 unspecified atom stereocenters. The number of nitrogens with zero attached hydrogens (tertiary/aromatic N) is 4. The molecular weight excluding hydrogens is 478 g/mol. The van der Waals surface area contributed by atoms with Gasteiger partial charge in [0.15, 0.2) is 0 Å². The molecule has 1 N–H and O–H groups in total. The summed E-state index contributed by atoms with van der Waals surface area (Å²) in [6.45, 7) is 2.07. The summed E-state index contributed by atoms with van der Waals surface area (Å²) in [5.74, 6) is -0.580. The molecule has 0 aliphatic carbocycles. The minimum Gasteiger partial charge on any atom is -0.350 e. The van der Waals surface area contributed by atoms with Gasteiger partial charge in [-0.25, -0.2) is 9.67 Å². The second-order valence-corrected chi connectivity index (χ2v) is 8.66. The van der Waals surface area contributed by atoms with Crippen molar-refractivity contribution in [2.24, 2.45) is 0 Å². The summed E-state index contributed by atoms with van der Waals surface area (Å²) in [4.78, 5) is 40.6. The van der Waals surface area contributed by atoms with Crippen LogP contribution in [0.2, 0.25) is 5.02 Å². The number of nitro groups is 1. The lowest BCUT2D eigenvalue weighted by Gasteiger charge is -2.09. The van der Waals surface area contributed by atoms with Crippen LogP contribution in [0.4, 0.5) is 5.69 Å². The van der Waals surface area contributed by atoms with Gasteiger partial charge < -0.3 is 5.32 Å². The summed E-state index contributed by atoms with van der Waals surface area (Å²) in [6.07, 6.45) is 0. The molecule has 172 valence electrons. The van der Waals surface area contributed by atoms with Gasteiger partial charge in [0.2, 0.25) is 0 Å². The molecule has 34 heavy (non-hydrogen) atoms. The highest BCUT2D eigenvalue weighted by Gasteiger charge is 2.16. The molecule has 2 aromatic carbocycles. The Hall–Kier alpha value is -3.89. The summed E-state index contributed by atoms with van der Waals surface area (Å²) in [6, 6.07) is 16.5. The third-order valence-electron chi connectivity index (χ3n) is 4.93. The molecule has 0 saturated heterocycles. The number of rotatable bonds is 7. The number of amides is 1. The van der Waals surface area contributed by atoms with E-state index in [4.69, 9.17) is 11.6 Å². The zero-order valence-electron chi connectivity index (χ0n) is 17.9. The second-order valence-electron chi connectivity index (χ2n) is 7.26. The lowest BCUT2D eigenvalue weighted by atomic mass is 10.2. The average molecular weight is 496 g/mol. The molecule has 0 bridgehead atoms. The first-order chi connectivity index (χ1) is 16.3. The Morgan fingerprint density at radius 2 is 1.94 bits per heavy atom. The quantitative estimate of drug-likeness (QED) is 0.301. The molecule has 0 atom stereocenters. The van der Waals surface area contributed by atoms with E-state index in [1.807, 2.05) is 37.3 Å². The van der Waals surface area contributed by atoms with Gasteiger partial charge in [-0.3, -0.25) is 19.7 Å². The predicted octanol–water partition coefficient (Wildman–Crippen LogP) is 4.33. The fourth-order valence-electron chi connectivity index (χ4n) is 3.24. The summed E-state index contributed by atoms with van der Waals surface area (Å²) in [5, 5.41) is 19.0. The van der Waals surface area contributed by atoms with E-state index in [-0.39, 0.29) is 34.9 Å². The van der Waals surface area contributed by atoms with Crippen molar-refractivity contribution in [1.29, 1.82) is 0 Å². The molecule has 1 amide bonds. The van der Waals surface area contributed by atoms with Crippen molar-refractivity contribution in [1.82, 2.24) is 20.1 Å². The number of carbonyl (C=O) groups is 1. The van der Waals surface area contributed by atoms with Crippen LogP contribution < -0.4 is 10.9 Å². The number of nitro benzene ring substituents is 1. The summed E-state index contributed by atoms with van der Waals surface area (Å²) in [7, 11) is 0. The highest BCUT2D eigenvalue weighted by Crippen LogP contribution is 2.33. The maximum Gasteiger partial charge on any atom is 0.270 e. The zero-order valence-corrected chi connectivity index (χ0v) is 19.5. The van der Waals surface area contributed by atoms with Crippen LogP contribution in [0, 0.1) is 17.0 Å². The number of carbonyl (C=O) groups excluding carboxylic acids is 1. The van der Waals surface area contributed by atoms with Crippen LogP contribution >= 0.6 is 22.9 Å². The molecule has 0 radical (unpaired) electrons. The Bertz CT molecular complexity index is 1440. The zero-order chi connectivity index (χ0) is 24.2. The molecule has 0 fully saturated rings. The standard InChI is InChI=1S/C23H18ClN5O4S/c1-14-21(34-23(26-14)15-5-3-2-4-6-15)19-9-10-20(30)28(27-19)12-11-25-22(31)17-13-16(29(32)33)7-8-18(17)24/h2-10,13H,11-12H2,1H3,(H,25,31). The third kappa shape index (κ3) is 5.03. The van der Waals surface area contributed by atoms with Crippen LogP contribution in [-0.2, 0) is 6.54 Å². The normalized spacial score (nSPS) is 10.8. The van der Waals surface area contributed by atoms with Crippen molar-refractivity contribution in [2.75, 3.05) is 6.54 Å². The molecule has 9 nitrogen and oxygen atoms in total. The highest BCUT2D eigenvalue weighted by atomic mass is 35.5. The minimum atomic E-state index is -0.604. The van der Waals surface area contributed by atoms with E-state index in [2.05, 4.69) is 15.4 Å². The van der Waals surface area contributed by atoms with E-state index in [0.29, 0.717) is 5.69 Å². The monoisotopic (exact) mass is 495 g/mol. The number of aromatic nitrogens is 3. The Labute approximate surface area is 202 Å². The molecular formula is C23H18ClN5O4S. The van der Waals surface area contributed by atoms with Gasteiger partial charge in [0.25, 0.3) is 17.2 Å². The molecule has 0 spiro atoms. The molecule has 0 saturated carbocycles. The number of benzene rings is 2. The van der Waals surface area contributed by atoms with Crippen LogP contribution in [0.5, 0.6) is 0 Å². The average Bonchev–Trinajstić information content (AvgIpc) is 3.22. The molecule has 4 aromatic rings. The first-order valence-corrected chi connectivity index (χ1v) is 11.4. The van der Waals surface area contributed by atoms with E-state index in [0.717, 1.165) is 27.2 Å². The smallest absolute Gasteiger partial charge is 0.270 e. The molecule has 11 heteroatoms. The topological polar surface area (TPSA) is 120 Å². The predicted molar refractivity (Wildman–Crippen MR) is 130 cm³/mol. The fraction of sp³-hybridized carbons (Fsp3) is 0.130. The largest absolute Gasteiger partial charge is 0.350 e. The van der Waals surface area contributed by atoms with Crippen molar-refractivity contribution >= 4 is 34.5 Å². The Morgan fingerprint density at radius 1 is 1.18 bits per heavy atom. The van der Waals surface area contributed by atoms with E-state index in [1.54, 1.807) is 6.07 Å². The number of halogens is 1. The van der Waals surface area contributed by atoms with Gasteiger partial charge in [-0.2, -0.15) is 5.10 Å². The van der Waals surface area contributed by atoms with Gasteiger partial charge in [0, 0.05) is 30.3 Å². The molecule has 2 aromatic heterocycles. The van der Waals surface area contributed by atoms with Gasteiger partial charge in [0.1, 0.15) is 10.7 Å². The highest BCUT2D eigenvalue weighted by molar-refractivity contribution is 7.18. The van der Waals surface area contributed by atoms with Gasteiger partial charge in [-0.1, -0.05) is 41.9 Å². The molecule has 2 heterocycles. The SMILES string of the molecule is Cc1nc(-c2ccccc2)sc1-c1ccc(=O)n(CCNC(=O)c2cc([N+](=O)[O-])ccc2Cl)n1. The number of hydrogen-bond donors (Lipinski definition) is 1. The number of nitrogens with one attached hydrogen (secondary N) is 1. The number of non-ortho nitro benzene ring substituents is 1. The second kappa shape index (κ2) is 9.94. The number of hydrogen-bond acceptors (Lipinski definition) is 7. The molecule has 4 rings (SSSR count). The van der Waals surface area contributed by atoms with Gasteiger partial charge in [0.05, 0.1) is 32.6 Å². The van der Waals surface area contributed by atoms with Crippen LogP contribution in [0.3, 0.4) is 0 Å². The van der Waals surface area contributed by atoms with Crippen molar-refractivity contribution < 1.29 is 9.72 Å². The number of thiazole rings is 1. The van der Waals surface area contributed by atoms with Crippen molar-refractivity contribution in [2.45, 2.75) is 13.5 Å². The number of aryl methyl sites for hydroxylation is 1. The minimum absolute atomic E-state index is 0.0151. The fourth-order valence-corrected chi connectivity index (χ4v) is 4.48. The summed E-state index contributed by atoms with van der Waals surface area (Å²) >= 11 is 7.49. The Morgan fingerprint density at radius 3 is 2.68 bits per heavy atom. The van der Waals surface area contributed by atoms with Crippen LogP contribution in [0.1, 0.15) is 16.1 Å². The van der Waals surface area contributed by atoms with Crippen molar-refractivity contribution in [3.63, 3.8) is 0 Å². The molecule has 0 aliphatic heterocycles. The lowest BCUT2D eigenvalue weighted by Crippen LogP contribution is -2.32. The van der Waals surface area contributed by atoms with E-state index in [1.165, 1.54) is 34.2 Å². The third-order valence-corrected chi connectivity index (χ3v) is 6.49. The van der Waals surface area contributed by atoms with Gasteiger partial charge in [-0.05, 0) is 19.1 Å². The maximum atomic E-state index is 12.5. The van der Waals surface area contributed by atoms with Gasteiger partial charge >= 0.3 is 0 Å². The van der Waals surface area contributed by atoms with E-state index < -0.39 is 10.8 Å². The van der Waals surface area contributed by atoms with Gasteiger partial charge in [-0.15, -0.1) is 11.3 Å². The van der Waals surface area contributed by atoms with E-state index >= 15 is 0 Å². The summed E-state index contributed by atoms with van der Waals surface area (Å²) < 4.78 is 1.26. The maximum absolute atomic E-state index is 12.5. The molecule has 0 aliphatic rings. The van der Waals surface area contributed by atoms with Crippen molar-refractivity contribution in [3.05, 3.63) is 97.4 Å². The Kier molecular flexibility index (Phi) is 6.80. The van der Waals surface area contributed by atoms with Crippen LogP contribution in [0.15, 0.2) is 65.5 Å².